The van der Waals surface area contributed by atoms with E-state index in [1.807, 2.05) is 6.07 Å². The summed E-state index contributed by atoms with van der Waals surface area (Å²) < 4.78 is 3.10. The van der Waals surface area contributed by atoms with Crippen LogP contribution < -0.4 is 0 Å². The average Bonchev–Trinajstić information content (AvgIpc) is 2.06. The number of hydrogen-bond donors (Lipinski definition) is 0. The van der Waals surface area contributed by atoms with Crippen molar-refractivity contribution in [1.82, 2.24) is 0 Å². The minimum absolute atomic E-state index is 0.601. The van der Waals surface area contributed by atoms with Gasteiger partial charge < -0.3 is 0 Å². The Hall–Kier alpha value is -0.285. The van der Waals surface area contributed by atoms with Crippen molar-refractivity contribution in [2.75, 3.05) is 0 Å². The van der Waals surface area contributed by atoms with Crippen LogP contribution >= 0.6 is 0 Å². The first-order valence-electron chi connectivity index (χ1n) is 3.74. The van der Waals surface area contributed by atoms with Gasteiger partial charge >= 0.3 is 84.2 Å². The number of rotatable bonds is 1. The molecule has 51 valence electrons. The minimum atomic E-state index is 0.601. The van der Waals surface area contributed by atoms with Gasteiger partial charge in [-0.2, -0.15) is 0 Å². The molecule has 1 heteroatoms. The molecule has 0 nitrogen and oxygen atoms in total. The molecule has 0 bridgehead atoms. The standard InChI is InChI=1S/C10H9.Hg/c1-3-9-7-5-6-8-10(9)4-2;/h5-8H,3H2,1H3;. The Kier molecular flexibility index (Phi) is 3.65. The van der Waals surface area contributed by atoms with Gasteiger partial charge in [-0.25, -0.2) is 0 Å². The van der Waals surface area contributed by atoms with Crippen LogP contribution in [-0.2, 0) is 32.5 Å². The second-order valence-electron chi connectivity index (χ2n) is 2.31. The molecule has 0 heterocycles. The SMILES string of the molecule is CCc1ccccc1C#[C][Hg]. The maximum atomic E-state index is 3.16. The fourth-order valence-corrected chi connectivity index (χ4v) is 1.79. The Morgan fingerprint density at radius 3 is 2.73 bits per heavy atom. The predicted octanol–water partition coefficient (Wildman–Crippen LogP) is 2.10. The van der Waals surface area contributed by atoms with E-state index in [0.717, 1.165) is 6.42 Å². The summed E-state index contributed by atoms with van der Waals surface area (Å²) in [5.74, 6) is 3.16. The first-order valence-corrected chi connectivity index (χ1v) is 6.49. The van der Waals surface area contributed by atoms with Crippen LogP contribution in [0.25, 0.3) is 0 Å². The molecule has 0 aromatic heterocycles. The van der Waals surface area contributed by atoms with E-state index >= 15 is 0 Å². The van der Waals surface area contributed by atoms with E-state index in [1.54, 1.807) is 0 Å². The molecule has 0 radical (unpaired) electrons. The summed E-state index contributed by atoms with van der Waals surface area (Å²) in [5.41, 5.74) is 2.58. The summed E-state index contributed by atoms with van der Waals surface area (Å²) in [6, 6.07) is 8.36. The van der Waals surface area contributed by atoms with Crippen molar-refractivity contribution in [3.8, 4) is 9.35 Å². The Morgan fingerprint density at radius 1 is 1.36 bits per heavy atom. The Bertz CT molecular complexity index is 291. The van der Waals surface area contributed by atoms with Gasteiger partial charge in [0.2, 0.25) is 0 Å². The van der Waals surface area contributed by atoms with E-state index in [2.05, 4.69) is 34.5 Å². The van der Waals surface area contributed by atoms with Crippen molar-refractivity contribution in [3.63, 3.8) is 0 Å². The third kappa shape index (κ3) is 2.34. The molecule has 0 aliphatic carbocycles. The van der Waals surface area contributed by atoms with E-state index in [0.29, 0.717) is 26.1 Å². The molecule has 0 aliphatic rings. The van der Waals surface area contributed by atoms with Crippen LogP contribution in [0.1, 0.15) is 18.1 Å². The molecule has 0 amide bonds. The fourth-order valence-electron chi connectivity index (χ4n) is 1.05. The first kappa shape index (κ1) is 8.81. The van der Waals surface area contributed by atoms with Crippen molar-refractivity contribution < 1.29 is 26.1 Å². The summed E-state index contributed by atoms with van der Waals surface area (Å²) in [6.07, 6.45) is 1.08. The number of benzene rings is 1. The van der Waals surface area contributed by atoms with Crippen LogP contribution in [0.5, 0.6) is 0 Å². The monoisotopic (exact) mass is 331 g/mol. The van der Waals surface area contributed by atoms with E-state index in [9.17, 15) is 0 Å². The summed E-state index contributed by atoms with van der Waals surface area (Å²) in [5, 5.41) is 0. The molecule has 0 spiro atoms. The van der Waals surface area contributed by atoms with E-state index in [-0.39, 0.29) is 0 Å². The van der Waals surface area contributed by atoms with Gasteiger partial charge in [-0.1, -0.05) is 0 Å². The van der Waals surface area contributed by atoms with E-state index in [4.69, 9.17) is 0 Å². The fraction of sp³-hybridized carbons (Fsp3) is 0.200. The van der Waals surface area contributed by atoms with Gasteiger partial charge in [0.15, 0.2) is 0 Å². The van der Waals surface area contributed by atoms with Gasteiger partial charge in [0.1, 0.15) is 0 Å². The summed E-state index contributed by atoms with van der Waals surface area (Å²) in [6.45, 7) is 2.16. The molecular weight excluding hydrogens is 321 g/mol. The molecule has 0 fully saturated rings. The van der Waals surface area contributed by atoms with Gasteiger partial charge in [-0.3, -0.25) is 0 Å². The second-order valence-corrected chi connectivity index (χ2v) is 3.69. The quantitative estimate of drug-likeness (QED) is 0.547. The van der Waals surface area contributed by atoms with Crippen LogP contribution in [-0.4, -0.2) is 0 Å². The van der Waals surface area contributed by atoms with Gasteiger partial charge in [0, 0.05) is 0 Å². The normalized spacial score (nSPS) is 8.64. The molecule has 1 aromatic rings. The van der Waals surface area contributed by atoms with Crippen LogP contribution in [0, 0.1) is 9.35 Å². The van der Waals surface area contributed by atoms with Gasteiger partial charge in [-0.15, -0.1) is 0 Å². The molecule has 0 saturated carbocycles. The Labute approximate surface area is 84.0 Å². The molecular formula is C10H9Hg. The molecule has 0 saturated heterocycles. The Balaban J connectivity index is 3.09. The zero-order valence-electron chi connectivity index (χ0n) is 6.72. The molecule has 0 atom stereocenters. The number of aryl methyl sites for hydroxylation is 1. The molecule has 11 heavy (non-hydrogen) atoms. The van der Waals surface area contributed by atoms with Crippen LogP contribution in [0.15, 0.2) is 24.3 Å². The van der Waals surface area contributed by atoms with Gasteiger partial charge in [-0.05, 0) is 0 Å². The first-order chi connectivity index (χ1) is 5.38. The van der Waals surface area contributed by atoms with Gasteiger partial charge in [0.05, 0.1) is 0 Å². The van der Waals surface area contributed by atoms with Crippen molar-refractivity contribution in [2.45, 2.75) is 13.3 Å². The van der Waals surface area contributed by atoms with Crippen LogP contribution in [0.3, 0.4) is 0 Å². The molecule has 1 aromatic carbocycles. The second kappa shape index (κ2) is 4.56. The molecule has 0 N–H and O–H groups in total. The zero-order valence-corrected chi connectivity index (χ0v) is 12.2. The van der Waals surface area contributed by atoms with Crippen LogP contribution in [0.2, 0.25) is 0 Å². The van der Waals surface area contributed by atoms with Crippen molar-refractivity contribution >= 4 is 0 Å². The summed E-state index contributed by atoms with van der Waals surface area (Å²) in [4.78, 5) is 0. The molecule has 0 aliphatic heterocycles. The van der Waals surface area contributed by atoms with Crippen molar-refractivity contribution in [3.05, 3.63) is 35.4 Å². The topological polar surface area (TPSA) is 0 Å². The number of hydrogen-bond acceptors (Lipinski definition) is 0. The average molecular weight is 330 g/mol. The Morgan fingerprint density at radius 2 is 2.09 bits per heavy atom. The molecule has 0 unspecified atom stereocenters. The predicted molar refractivity (Wildman–Crippen MR) is 42.7 cm³/mol. The summed E-state index contributed by atoms with van der Waals surface area (Å²) in [7, 11) is 0. The third-order valence-electron chi connectivity index (χ3n) is 1.62. The van der Waals surface area contributed by atoms with E-state index in [1.165, 1.54) is 11.1 Å². The maximum absolute atomic E-state index is 3.16. The zero-order chi connectivity index (χ0) is 8.10. The third-order valence-corrected chi connectivity index (χ3v) is 2.31. The van der Waals surface area contributed by atoms with Crippen molar-refractivity contribution in [1.29, 1.82) is 0 Å². The molecule has 1 rings (SSSR count). The summed E-state index contributed by atoms with van der Waals surface area (Å²) >= 11 is 0.601. The van der Waals surface area contributed by atoms with E-state index < -0.39 is 0 Å². The van der Waals surface area contributed by atoms with Crippen LogP contribution in [0.4, 0.5) is 0 Å². The van der Waals surface area contributed by atoms with Gasteiger partial charge in [0.25, 0.3) is 0 Å². The van der Waals surface area contributed by atoms with Crippen molar-refractivity contribution in [2.24, 2.45) is 0 Å².